The zero-order chi connectivity index (χ0) is 17.7. The van der Waals surface area contributed by atoms with Crippen molar-refractivity contribution < 1.29 is 22.0 Å². The average molecular weight is 355 g/mol. The van der Waals surface area contributed by atoms with Crippen molar-refractivity contribution in [3.63, 3.8) is 0 Å². The summed E-state index contributed by atoms with van der Waals surface area (Å²) in [4.78, 5) is 15.9. The minimum atomic E-state index is -3.85. The summed E-state index contributed by atoms with van der Waals surface area (Å²) in [5.41, 5.74) is 0.609. The van der Waals surface area contributed by atoms with Crippen molar-refractivity contribution in [3.8, 4) is 0 Å². The molecule has 9 heteroatoms. The molecular formula is C15H15F2N3O3S. The lowest BCUT2D eigenvalue weighted by atomic mass is 10.3. The van der Waals surface area contributed by atoms with Gasteiger partial charge in [-0.2, -0.15) is 0 Å². The predicted octanol–water partition coefficient (Wildman–Crippen LogP) is 1.44. The summed E-state index contributed by atoms with van der Waals surface area (Å²) in [6, 6.07) is 6.07. The van der Waals surface area contributed by atoms with Crippen LogP contribution in [0.2, 0.25) is 0 Å². The van der Waals surface area contributed by atoms with Crippen LogP contribution in [0.1, 0.15) is 5.56 Å². The van der Waals surface area contributed by atoms with Crippen LogP contribution < -0.4 is 9.62 Å². The number of hydrogen-bond donors (Lipinski definition) is 1. The third-order valence-electron chi connectivity index (χ3n) is 3.09. The summed E-state index contributed by atoms with van der Waals surface area (Å²) in [5, 5.41) is 2.54. The molecule has 2 rings (SSSR count). The van der Waals surface area contributed by atoms with E-state index >= 15 is 0 Å². The van der Waals surface area contributed by atoms with Crippen molar-refractivity contribution in [1.82, 2.24) is 10.3 Å². The summed E-state index contributed by atoms with van der Waals surface area (Å²) in [6.45, 7) is -0.383. The minimum Gasteiger partial charge on any atom is -0.350 e. The molecule has 1 aromatic heterocycles. The fourth-order valence-corrected chi connectivity index (χ4v) is 2.78. The Morgan fingerprint density at radius 1 is 1.25 bits per heavy atom. The molecule has 0 saturated carbocycles. The van der Waals surface area contributed by atoms with Gasteiger partial charge in [0.05, 0.1) is 11.9 Å². The first-order chi connectivity index (χ1) is 11.3. The molecular weight excluding hydrogens is 340 g/mol. The molecule has 0 radical (unpaired) electrons. The number of rotatable bonds is 6. The second-order valence-corrected chi connectivity index (χ2v) is 6.91. The summed E-state index contributed by atoms with van der Waals surface area (Å²) < 4.78 is 50.7. The SMILES string of the molecule is CS(=O)(=O)N(CC(=O)NCc1cccnc1)c1ccc(F)c(F)c1. The molecule has 6 nitrogen and oxygen atoms in total. The van der Waals surface area contributed by atoms with E-state index < -0.39 is 34.1 Å². The van der Waals surface area contributed by atoms with E-state index in [4.69, 9.17) is 0 Å². The van der Waals surface area contributed by atoms with E-state index in [-0.39, 0.29) is 12.2 Å². The molecule has 0 atom stereocenters. The van der Waals surface area contributed by atoms with E-state index in [2.05, 4.69) is 10.3 Å². The van der Waals surface area contributed by atoms with Crippen LogP contribution in [0.4, 0.5) is 14.5 Å². The fourth-order valence-electron chi connectivity index (χ4n) is 1.93. The number of anilines is 1. The molecule has 1 heterocycles. The Kier molecular flexibility index (Phi) is 5.45. The Morgan fingerprint density at radius 2 is 2.00 bits per heavy atom. The number of benzene rings is 1. The van der Waals surface area contributed by atoms with Gasteiger partial charge in [0.25, 0.3) is 0 Å². The third-order valence-corrected chi connectivity index (χ3v) is 4.23. The molecule has 0 aliphatic carbocycles. The second-order valence-electron chi connectivity index (χ2n) is 5.01. The Morgan fingerprint density at radius 3 is 2.58 bits per heavy atom. The summed E-state index contributed by atoms with van der Waals surface area (Å²) in [7, 11) is -3.85. The number of halogens is 2. The van der Waals surface area contributed by atoms with Crippen molar-refractivity contribution in [3.05, 3.63) is 59.9 Å². The molecule has 1 N–H and O–H groups in total. The highest BCUT2D eigenvalue weighted by Gasteiger charge is 2.21. The minimum absolute atomic E-state index is 0.132. The molecule has 2 aromatic rings. The molecule has 0 fully saturated rings. The molecule has 0 bridgehead atoms. The van der Waals surface area contributed by atoms with Gasteiger partial charge in [-0.1, -0.05) is 6.07 Å². The van der Waals surface area contributed by atoms with E-state index in [1.807, 2.05) is 0 Å². The molecule has 24 heavy (non-hydrogen) atoms. The topological polar surface area (TPSA) is 79.4 Å². The van der Waals surface area contributed by atoms with E-state index in [9.17, 15) is 22.0 Å². The van der Waals surface area contributed by atoms with Gasteiger partial charge in [0, 0.05) is 25.0 Å². The smallest absolute Gasteiger partial charge is 0.241 e. The Hall–Kier alpha value is -2.55. The summed E-state index contributed by atoms with van der Waals surface area (Å²) >= 11 is 0. The first-order valence-electron chi connectivity index (χ1n) is 6.86. The summed E-state index contributed by atoms with van der Waals surface area (Å²) in [6.07, 6.45) is 4.02. The maximum Gasteiger partial charge on any atom is 0.241 e. The Bertz CT molecular complexity index is 829. The van der Waals surface area contributed by atoms with Crippen LogP contribution in [0.3, 0.4) is 0 Å². The lowest BCUT2D eigenvalue weighted by Crippen LogP contribution is -2.40. The van der Waals surface area contributed by atoms with Crippen LogP contribution in [-0.4, -0.2) is 32.1 Å². The molecule has 0 aliphatic rings. The summed E-state index contributed by atoms with van der Waals surface area (Å²) in [5.74, 6) is -2.89. The molecule has 0 unspecified atom stereocenters. The van der Waals surface area contributed by atoms with Crippen molar-refractivity contribution in [2.45, 2.75) is 6.54 Å². The van der Waals surface area contributed by atoms with Gasteiger partial charge in [0.2, 0.25) is 15.9 Å². The van der Waals surface area contributed by atoms with Crippen LogP contribution >= 0.6 is 0 Å². The van der Waals surface area contributed by atoms with Gasteiger partial charge in [0.1, 0.15) is 6.54 Å². The zero-order valence-corrected chi connectivity index (χ0v) is 13.6. The first-order valence-corrected chi connectivity index (χ1v) is 8.70. The number of carbonyl (C=O) groups is 1. The maximum absolute atomic E-state index is 13.3. The lowest BCUT2D eigenvalue weighted by Gasteiger charge is -2.22. The van der Waals surface area contributed by atoms with Crippen LogP contribution in [0.25, 0.3) is 0 Å². The number of aromatic nitrogens is 1. The highest BCUT2D eigenvalue weighted by atomic mass is 32.2. The highest BCUT2D eigenvalue weighted by Crippen LogP contribution is 2.20. The number of amides is 1. The zero-order valence-electron chi connectivity index (χ0n) is 12.7. The molecule has 1 aromatic carbocycles. The van der Waals surface area contributed by atoms with Crippen LogP contribution in [0.5, 0.6) is 0 Å². The van der Waals surface area contributed by atoms with Crippen LogP contribution in [0, 0.1) is 11.6 Å². The van der Waals surface area contributed by atoms with Crippen molar-refractivity contribution in [2.75, 3.05) is 17.1 Å². The quantitative estimate of drug-likeness (QED) is 0.850. The van der Waals surface area contributed by atoms with Gasteiger partial charge in [0.15, 0.2) is 11.6 Å². The molecule has 1 amide bonds. The standard InChI is InChI=1S/C15H15F2N3O3S/c1-24(22,23)20(12-4-5-13(16)14(17)7-12)10-15(21)19-9-11-3-2-6-18-8-11/h2-8H,9-10H2,1H3,(H,19,21). The number of hydrogen-bond acceptors (Lipinski definition) is 4. The van der Waals surface area contributed by atoms with Crippen molar-refractivity contribution in [2.24, 2.45) is 0 Å². The Labute approximate surface area is 138 Å². The third kappa shape index (κ3) is 4.72. The van der Waals surface area contributed by atoms with Gasteiger partial charge >= 0.3 is 0 Å². The number of nitrogens with one attached hydrogen (secondary N) is 1. The molecule has 0 saturated heterocycles. The number of nitrogens with zero attached hydrogens (tertiary/aromatic N) is 2. The fraction of sp³-hybridized carbons (Fsp3) is 0.200. The molecule has 0 spiro atoms. The lowest BCUT2D eigenvalue weighted by molar-refractivity contribution is -0.119. The monoisotopic (exact) mass is 355 g/mol. The highest BCUT2D eigenvalue weighted by molar-refractivity contribution is 7.92. The van der Waals surface area contributed by atoms with Crippen molar-refractivity contribution >= 4 is 21.6 Å². The van der Waals surface area contributed by atoms with Gasteiger partial charge in [-0.05, 0) is 23.8 Å². The van der Waals surface area contributed by atoms with E-state index in [1.165, 1.54) is 0 Å². The number of pyridine rings is 1. The van der Waals surface area contributed by atoms with Crippen LogP contribution in [-0.2, 0) is 21.4 Å². The van der Waals surface area contributed by atoms with E-state index in [0.717, 1.165) is 30.0 Å². The number of carbonyl (C=O) groups excluding carboxylic acids is 1. The molecule has 0 aliphatic heterocycles. The predicted molar refractivity (Wildman–Crippen MR) is 84.6 cm³/mol. The largest absolute Gasteiger partial charge is 0.350 e. The van der Waals surface area contributed by atoms with E-state index in [0.29, 0.717) is 4.31 Å². The normalized spacial score (nSPS) is 11.1. The van der Waals surface area contributed by atoms with Crippen molar-refractivity contribution in [1.29, 1.82) is 0 Å². The second kappa shape index (κ2) is 7.35. The number of sulfonamides is 1. The van der Waals surface area contributed by atoms with Gasteiger partial charge in [-0.3, -0.25) is 14.1 Å². The Balaban J connectivity index is 2.11. The van der Waals surface area contributed by atoms with Gasteiger partial charge in [-0.25, -0.2) is 17.2 Å². The van der Waals surface area contributed by atoms with E-state index in [1.54, 1.807) is 24.5 Å². The van der Waals surface area contributed by atoms with Gasteiger partial charge < -0.3 is 5.32 Å². The van der Waals surface area contributed by atoms with Crippen LogP contribution in [0.15, 0.2) is 42.7 Å². The van der Waals surface area contributed by atoms with Gasteiger partial charge in [-0.15, -0.1) is 0 Å². The molecule has 128 valence electrons. The maximum atomic E-state index is 13.3. The first kappa shape index (κ1) is 17.8. The average Bonchev–Trinajstić information content (AvgIpc) is 2.53.